The standard InChI is InChI=1S/C19H22N2O.ClH/c22-18(17-6-5-15-3-1-2-4-16(15)13-17)21-11-8-19(9-12-21)7-10-20-14-19;/h1-6,13,20H,7-12,14H2;1H. The van der Waals surface area contributed by atoms with Crippen LogP contribution < -0.4 is 5.32 Å². The van der Waals surface area contributed by atoms with Gasteiger partial charge in [-0.1, -0.05) is 30.3 Å². The van der Waals surface area contributed by atoms with E-state index < -0.39 is 0 Å². The van der Waals surface area contributed by atoms with Gasteiger partial charge >= 0.3 is 0 Å². The molecule has 4 rings (SSSR count). The van der Waals surface area contributed by atoms with Gasteiger partial charge in [0.25, 0.3) is 5.91 Å². The summed E-state index contributed by atoms with van der Waals surface area (Å²) in [5.74, 6) is 0.187. The molecule has 3 nitrogen and oxygen atoms in total. The third kappa shape index (κ3) is 3.08. The van der Waals surface area contributed by atoms with Gasteiger partial charge in [0.05, 0.1) is 0 Å². The zero-order valence-electron chi connectivity index (χ0n) is 13.3. The summed E-state index contributed by atoms with van der Waals surface area (Å²) < 4.78 is 0. The van der Waals surface area contributed by atoms with E-state index >= 15 is 0 Å². The Balaban J connectivity index is 0.00000156. The van der Waals surface area contributed by atoms with Gasteiger partial charge in [0.2, 0.25) is 0 Å². The van der Waals surface area contributed by atoms with Crippen molar-refractivity contribution < 1.29 is 4.79 Å². The molecule has 4 heteroatoms. The number of halogens is 1. The van der Waals surface area contributed by atoms with Gasteiger partial charge in [-0.15, -0.1) is 12.4 Å². The Morgan fingerprint density at radius 3 is 2.43 bits per heavy atom. The normalized spacial score (nSPS) is 19.7. The van der Waals surface area contributed by atoms with Gasteiger partial charge in [-0.3, -0.25) is 4.79 Å². The van der Waals surface area contributed by atoms with Gasteiger partial charge in [-0.2, -0.15) is 0 Å². The Morgan fingerprint density at radius 1 is 1.00 bits per heavy atom. The molecule has 2 aliphatic rings. The first-order valence-electron chi connectivity index (χ1n) is 8.25. The molecule has 2 heterocycles. The van der Waals surface area contributed by atoms with E-state index in [-0.39, 0.29) is 18.3 Å². The molecule has 0 saturated carbocycles. The van der Waals surface area contributed by atoms with Gasteiger partial charge in [0, 0.05) is 25.2 Å². The third-order valence-electron chi connectivity index (χ3n) is 5.44. The van der Waals surface area contributed by atoms with Crippen LogP contribution in [0.2, 0.25) is 0 Å². The molecule has 1 amide bonds. The van der Waals surface area contributed by atoms with Gasteiger partial charge in [-0.05, 0) is 54.1 Å². The molecule has 0 atom stereocenters. The van der Waals surface area contributed by atoms with Crippen LogP contribution in [0.25, 0.3) is 10.8 Å². The summed E-state index contributed by atoms with van der Waals surface area (Å²) in [5, 5.41) is 5.80. The summed E-state index contributed by atoms with van der Waals surface area (Å²) in [6.45, 7) is 4.06. The van der Waals surface area contributed by atoms with Crippen LogP contribution in [0.3, 0.4) is 0 Å². The number of fused-ring (bicyclic) bond motifs is 1. The molecule has 0 unspecified atom stereocenters. The molecule has 2 saturated heterocycles. The molecule has 1 spiro atoms. The molecular formula is C19H23ClN2O. The van der Waals surface area contributed by atoms with Crippen molar-refractivity contribution in [1.29, 1.82) is 0 Å². The second kappa shape index (κ2) is 6.50. The first-order chi connectivity index (χ1) is 10.8. The fraction of sp³-hybridized carbons (Fsp3) is 0.421. The predicted octanol–water partition coefficient (Wildman–Crippen LogP) is 3.48. The molecule has 0 aliphatic carbocycles. The maximum absolute atomic E-state index is 12.8. The minimum Gasteiger partial charge on any atom is -0.339 e. The summed E-state index contributed by atoms with van der Waals surface area (Å²) in [4.78, 5) is 14.8. The van der Waals surface area contributed by atoms with Crippen molar-refractivity contribution in [2.75, 3.05) is 26.2 Å². The molecular weight excluding hydrogens is 308 g/mol. The minimum atomic E-state index is 0. The molecule has 1 N–H and O–H groups in total. The highest BCUT2D eigenvalue weighted by molar-refractivity contribution is 5.98. The van der Waals surface area contributed by atoms with E-state index in [1.165, 1.54) is 11.8 Å². The van der Waals surface area contributed by atoms with E-state index in [2.05, 4.69) is 23.5 Å². The van der Waals surface area contributed by atoms with Crippen LogP contribution in [0.1, 0.15) is 29.6 Å². The van der Waals surface area contributed by atoms with Crippen LogP contribution >= 0.6 is 12.4 Å². The topological polar surface area (TPSA) is 32.3 Å². The highest BCUT2D eigenvalue weighted by Gasteiger charge is 2.38. The van der Waals surface area contributed by atoms with E-state index in [4.69, 9.17) is 0 Å². The molecule has 2 aromatic carbocycles. The van der Waals surface area contributed by atoms with Gasteiger partial charge in [0.15, 0.2) is 0 Å². The lowest BCUT2D eigenvalue weighted by molar-refractivity contribution is 0.0608. The van der Waals surface area contributed by atoms with Crippen LogP contribution in [0.4, 0.5) is 0 Å². The average molecular weight is 331 g/mol. The molecule has 2 fully saturated rings. The van der Waals surface area contributed by atoms with Crippen LogP contribution in [0, 0.1) is 5.41 Å². The van der Waals surface area contributed by atoms with E-state index in [1.807, 2.05) is 29.2 Å². The van der Waals surface area contributed by atoms with Crippen molar-refractivity contribution >= 4 is 29.1 Å². The minimum absolute atomic E-state index is 0. The molecule has 0 bridgehead atoms. The Morgan fingerprint density at radius 2 is 1.74 bits per heavy atom. The summed E-state index contributed by atoms with van der Waals surface area (Å²) in [6.07, 6.45) is 3.55. The summed E-state index contributed by atoms with van der Waals surface area (Å²) >= 11 is 0. The van der Waals surface area contributed by atoms with Gasteiger partial charge in [0.1, 0.15) is 0 Å². The quantitative estimate of drug-likeness (QED) is 0.868. The van der Waals surface area contributed by atoms with Crippen LogP contribution in [0.5, 0.6) is 0 Å². The van der Waals surface area contributed by atoms with E-state index in [0.717, 1.165) is 50.0 Å². The number of benzene rings is 2. The van der Waals surface area contributed by atoms with Crippen molar-refractivity contribution in [1.82, 2.24) is 10.2 Å². The van der Waals surface area contributed by atoms with E-state index in [0.29, 0.717) is 5.41 Å². The molecule has 0 radical (unpaired) electrons. The van der Waals surface area contributed by atoms with Crippen molar-refractivity contribution in [3.63, 3.8) is 0 Å². The molecule has 2 aromatic rings. The molecule has 23 heavy (non-hydrogen) atoms. The van der Waals surface area contributed by atoms with Crippen molar-refractivity contribution in [2.45, 2.75) is 19.3 Å². The van der Waals surface area contributed by atoms with Gasteiger partial charge in [-0.25, -0.2) is 0 Å². The Hall–Kier alpha value is -1.58. The Labute approximate surface area is 143 Å². The maximum atomic E-state index is 12.8. The molecule has 122 valence electrons. The number of carbonyl (C=O) groups is 1. The second-order valence-electron chi connectivity index (χ2n) is 6.78. The maximum Gasteiger partial charge on any atom is 0.253 e. The van der Waals surface area contributed by atoms with Crippen molar-refractivity contribution in [3.8, 4) is 0 Å². The van der Waals surface area contributed by atoms with Crippen LogP contribution in [-0.2, 0) is 0 Å². The predicted molar refractivity (Wildman–Crippen MR) is 96.3 cm³/mol. The number of rotatable bonds is 1. The largest absolute Gasteiger partial charge is 0.339 e. The Kier molecular flexibility index (Phi) is 4.60. The lowest BCUT2D eigenvalue weighted by Crippen LogP contribution is -2.44. The lowest BCUT2D eigenvalue weighted by atomic mass is 9.78. The van der Waals surface area contributed by atoms with Crippen LogP contribution in [0.15, 0.2) is 42.5 Å². The number of likely N-dealkylation sites (tertiary alicyclic amines) is 1. The highest BCUT2D eigenvalue weighted by atomic mass is 35.5. The summed E-state index contributed by atoms with van der Waals surface area (Å²) in [6, 6.07) is 14.3. The number of carbonyl (C=O) groups excluding carboxylic acids is 1. The third-order valence-corrected chi connectivity index (χ3v) is 5.44. The van der Waals surface area contributed by atoms with Crippen molar-refractivity contribution in [2.24, 2.45) is 5.41 Å². The number of hydrogen-bond acceptors (Lipinski definition) is 2. The average Bonchev–Trinajstić information content (AvgIpc) is 3.02. The fourth-order valence-corrected chi connectivity index (χ4v) is 3.91. The second-order valence-corrected chi connectivity index (χ2v) is 6.78. The fourth-order valence-electron chi connectivity index (χ4n) is 3.91. The summed E-state index contributed by atoms with van der Waals surface area (Å²) in [7, 11) is 0. The first kappa shape index (κ1) is 16.3. The van der Waals surface area contributed by atoms with E-state index in [9.17, 15) is 4.79 Å². The molecule has 0 aromatic heterocycles. The first-order valence-corrected chi connectivity index (χ1v) is 8.25. The lowest BCUT2D eigenvalue weighted by Gasteiger charge is -2.38. The number of piperidine rings is 1. The molecule has 2 aliphatic heterocycles. The SMILES string of the molecule is Cl.O=C(c1ccc2ccccc2c1)N1CCC2(CCNC2)CC1. The number of nitrogens with zero attached hydrogens (tertiary/aromatic N) is 1. The number of hydrogen-bond donors (Lipinski definition) is 1. The summed E-state index contributed by atoms with van der Waals surface area (Å²) in [5.41, 5.74) is 1.28. The number of amides is 1. The number of nitrogens with one attached hydrogen (secondary N) is 1. The smallest absolute Gasteiger partial charge is 0.253 e. The van der Waals surface area contributed by atoms with E-state index in [1.54, 1.807) is 0 Å². The highest BCUT2D eigenvalue weighted by Crippen LogP contribution is 2.37. The zero-order valence-corrected chi connectivity index (χ0v) is 14.1. The Bertz CT molecular complexity index is 699. The van der Waals surface area contributed by atoms with Crippen molar-refractivity contribution in [3.05, 3.63) is 48.0 Å². The van der Waals surface area contributed by atoms with Gasteiger partial charge < -0.3 is 10.2 Å². The zero-order chi connectivity index (χ0) is 15.0. The monoisotopic (exact) mass is 330 g/mol. The van der Waals surface area contributed by atoms with Crippen LogP contribution in [-0.4, -0.2) is 37.0 Å².